The zero-order valence-corrected chi connectivity index (χ0v) is 15.5. The summed E-state index contributed by atoms with van der Waals surface area (Å²) < 4.78 is 19.4. The second-order valence-corrected chi connectivity index (χ2v) is 8.41. The van der Waals surface area contributed by atoms with Crippen LogP contribution < -0.4 is 5.32 Å². The normalized spacial score (nSPS) is 32.1. The predicted molar refractivity (Wildman–Crippen MR) is 98.0 cm³/mol. The first-order valence-corrected chi connectivity index (χ1v) is 9.96. The molecule has 5 heteroatoms. The van der Waals surface area contributed by atoms with Crippen LogP contribution in [0.5, 0.6) is 0 Å². The zero-order valence-electron chi connectivity index (χ0n) is 15.5. The summed E-state index contributed by atoms with van der Waals surface area (Å²) in [7, 11) is 0. The molecule has 4 nitrogen and oxygen atoms in total. The Morgan fingerprint density at radius 3 is 2.73 bits per heavy atom. The number of piperidine rings is 1. The lowest BCUT2D eigenvalue weighted by molar-refractivity contribution is -0.147. The van der Waals surface area contributed by atoms with Gasteiger partial charge in [0.1, 0.15) is 11.9 Å². The first-order chi connectivity index (χ1) is 12.5. The lowest BCUT2D eigenvalue weighted by atomic mass is 9.80. The first-order valence-electron chi connectivity index (χ1n) is 9.96. The van der Waals surface area contributed by atoms with Crippen LogP contribution in [0.15, 0.2) is 24.3 Å². The van der Waals surface area contributed by atoms with Gasteiger partial charge in [-0.1, -0.05) is 19.1 Å². The van der Waals surface area contributed by atoms with E-state index in [-0.39, 0.29) is 23.4 Å². The number of ether oxygens (including phenoxy) is 1. The molecule has 2 aliphatic heterocycles. The van der Waals surface area contributed by atoms with Crippen LogP contribution in [0.3, 0.4) is 0 Å². The van der Waals surface area contributed by atoms with Crippen LogP contribution in [0.4, 0.5) is 4.39 Å². The molecular weight excluding hydrogens is 331 g/mol. The summed E-state index contributed by atoms with van der Waals surface area (Å²) in [6, 6.07) is 6.76. The third-order valence-electron chi connectivity index (χ3n) is 6.36. The number of nitrogens with one attached hydrogen (secondary N) is 1. The van der Waals surface area contributed by atoms with Crippen molar-refractivity contribution >= 4 is 5.91 Å². The molecule has 1 unspecified atom stereocenters. The number of amides is 1. The van der Waals surface area contributed by atoms with Gasteiger partial charge in [-0.3, -0.25) is 9.69 Å². The highest BCUT2D eigenvalue weighted by atomic mass is 19.1. The van der Waals surface area contributed by atoms with Crippen LogP contribution >= 0.6 is 0 Å². The molecule has 26 heavy (non-hydrogen) atoms. The summed E-state index contributed by atoms with van der Waals surface area (Å²) in [6.45, 7) is 5.80. The monoisotopic (exact) mass is 360 g/mol. The molecule has 3 aliphatic rings. The van der Waals surface area contributed by atoms with E-state index in [1.807, 2.05) is 12.1 Å². The van der Waals surface area contributed by atoms with Crippen molar-refractivity contribution in [2.75, 3.05) is 19.6 Å². The van der Waals surface area contributed by atoms with Gasteiger partial charge < -0.3 is 10.1 Å². The highest BCUT2D eigenvalue weighted by Crippen LogP contribution is 2.42. The lowest BCUT2D eigenvalue weighted by Gasteiger charge is -2.44. The van der Waals surface area contributed by atoms with E-state index >= 15 is 0 Å². The lowest BCUT2D eigenvalue weighted by Crippen LogP contribution is -2.51. The maximum absolute atomic E-state index is 13.1. The molecule has 0 radical (unpaired) electrons. The molecule has 3 fully saturated rings. The molecule has 1 N–H and O–H groups in total. The molecule has 2 saturated heterocycles. The SMILES string of the molecule is C[C@@H]1CN(Cc2ccc(F)cc2)CC[C@@]12CCC(C(=O)NCC1CC1)O2. The Bertz CT molecular complexity index is 646. The zero-order chi connectivity index (χ0) is 18.1. The molecule has 4 rings (SSSR count). The summed E-state index contributed by atoms with van der Waals surface area (Å²) >= 11 is 0. The number of nitrogens with zero attached hydrogens (tertiary/aromatic N) is 1. The van der Waals surface area contributed by atoms with Gasteiger partial charge in [-0.05, 0) is 61.6 Å². The van der Waals surface area contributed by atoms with Gasteiger partial charge in [-0.2, -0.15) is 0 Å². The van der Waals surface area contributed by atoms with Crippen molar-refractivity contribution in [1.29, 1.82) is 0 Å². The van der Waals surface area contributed by atoms with Crippen molar-refractivity contribution in [3.05, 3.63) is 35.6 Å². The number of hydrogen-bond donors (Lipinski definition) is 1. The van der Waals surface area contributed by atoms with E-state index in [1.54, 1.807) is 0 Å². The minimum Gasteiger partial charge on any atom is -0.362 e. The number of likely N-dealkylation sites (tertiary alicyclic amines) is 1. The second-order valence-electron chi connectivity index (χ2n) is 8.41. The quantitative estimate of drug-likeness (QED) is 0.877. The van der Waals surface area contributed by atoms with Gasteiger partial charge in [0.15, 0.2) is 0 Å². The van der Waals surface area contributed by atoms with Crippen LogP contribution in [0.25, 0.3) is 0 Å². The standard InChI is InChI=1S/C21H29FN2O2/c1-15-13-24(14-17-4-6-18(22)7-5-17)11-10-21(15)9-8-19(26-21)20(25)23-12-16-2-3-16/h4-7,15-16,19H,2-3,8-14H2,1H3,(H,23,25)/t15-,19?,21+/m1/s1. The molecule has 1 saturated carbocycles. The van der Waals surface area contributed by atoms with Crippen LogP contribution in [0.2, 0.25) is 0 Å². The van der Waals surface area contributed by atoms with Crippen LogP contribution in [0.1, 0.15) is 44.6 Å². The average molecular weight is 360 g/mol. The highest BCUT2D eigenvalue weighted by molar-refractivity contribution is 5.81. The first kappa shape index (κ1) is 17.9. The molecule has 0 bridgehead atoms. The Morgan fingerprint density at radius 1 is 1.27 bits per heavy atom. The molecule has 3 atom stereocenters. The fourth-order valence-electron chi connectivity index (χ4n) is 4.42. The van der Waals surface area contributed by atoms with Crippen LogP contribution in [-0.4, -0.2) is 42.1 Å². The maximum atomic E-state index is 13.1. The van der Waals surface area contributed by atoms with Gasteiger partial charge in [-0.15, -0.1) is 0 Å². The van der Waals surface area contributed by atoms with Gasteiger partial charge in [0.25, 0.3) is 0 Å². The van der Waals surface area contributed by atoms with Crippen molar-refractivity contribution in [2.24, 2.45) is 11.8 Å². The maximum Gasteiger partial charge on any atom is 0.249 e. The second kappa shape index (κ2) is 7.28. The Kier molecular flexibility index (Phi) is 5.02. The number of hydrogen-bond acceptors (Lipinski definition) is 3. The number of halogens is 1. The van der Waals surface area contributed by atoms with Gasteiger partial charge >= 0.3 is 0 Å². The largest absolute Gasteiger partial charge is 0.362 e. The third-order valence-corrected chi connectivity index (χ3v) is 6.36. The number of rotatable bonds is 5. The van der Waals surface area contributed by atoms with Crippen molar-refractivity contribution in [3.63, 3.8) is 0 Å². The molecule has 1 aromatic carbocycles. The minimum absolute atomic E-state index is 0.0784. The summed E-state index contributed by atoms with van der Waals surface area (Å²) in [6.07, 6.45) is 4.98. The molecule has 1 aliphatic carbocycles. The molecule has 2 heterocycles. The van der Waals surface area contributed by atoms with E-state index in [1.165, 1.54) is 25.0 Å². The van der Waals surface area contributed by atoms with Gasteiger partial charge in [0, 0.05) is 26.2 Å². The average Bonchev–Trinajstić information content (AvgIpc) is 3.36. The summed E-state index contributed by atoms with van der Waals surface area (Å²) in [4.78, 5) is 14.8. The summed E-state index contributed by atoms with van der Waals surface area (Å²) in [5.74, 6) is 0.973. The minimum atomic E-state index is -0.278. The molecule has 1 aromatic rings. The smallest absolute Gasteiger partial charge is 0.249 e. The number of carbonyl (C=O) groups excluding carboxylic acids is 1. The van der Waals surface area contributed by atoms with E-state index in [2.05, 4.69) is 17.1 Å². The Morgan fingerprint density at radius 2 is 2.04 bits per heavy atom. The fourth-order valence-corrected chi connectivity index (χ4v) is 4.42. The third kappa shape index (κ3) is 3.94. The Balaban J connectivity index is 1.30. The van der Waals surface area contributed by atoms with Crippen LogP contribution in [-0.2, 0) is 16.1 Å². The highest BCUT2D eigenvalue weighted by Gasteiger charge is 2.48. The molecule has 142 valence electrons. The van der Waals surface area contributed by atoms with Crippen molar-refractivity contribution < 1.29 is 13.9 Å². The van der Waals surface area contributed by atoms with E-state index in [9.17, 15) is 9.18 Å². The Hall–Kier alpha value is -1.46. The number of carbonyl (C=O) groups is 1. The predicted octanol–water partition coefficient (Wildman–Crippen LogP) is 3.11. The van der Waals surface area contributed by atoms with Crippen molar-refractivity contribution in [3.8, 4) is 0 Å². The van der Waals surface area contributed by atoms with E-state index < -0.39 is 0 Å². The molecular formula is C21H29FN2O2. The van der Waals surface area contributed by atoms with Crippen molar-refractivity contribution in [1.82, 2.24) is 10.2 Å². The van der Waals surface area contributed by atoms with E-state index in [0.717, 1.165) is 51.0 Å². The molecule has 1 spiro atoms. The molecule has 0 aromatic heterocycles. The van der Waals surface area contributed by atoms with Crippen LogP contribution in [0, 0.1) is 17.7 Å². The van der Waals surface area contributed by atoms with Gasteiger partial charge in [0.05, 0.1) is 5.60 Å². The Labute approximate surface area is 155 Å². The number of benzene rings is 1. The summed E-state index contributed by atoms with van der Waals surface area (Å²) in [5.41, 5.74) is 0.986. The topological polar surface area (TPSA) is 41.6 Å². The summed E-state index contributed by atoms with van der Waals surface area (Å²) in [5, 5.41) is 3.06. The fraction of sp³-hybridized carbons (Fsp3) is 0.667. The molecule has 1 amide bonds. The van der Waals surface area contributed by atoms with Gasteiger partial charge in [0.2, 0.25) is 5.91 Å². The van der Waals surface area contributed by atoms with Gasteiger partial charge in [-0.25, -0.2) is 4.39 Å². The van der Waals surface area contributed by atoms with E-state index in [4.69, 9.17) is 4.74 Å². The van der Waals surface area contributed by atoms with E-state index in [0.29, 0.717) is 11.8 Å². The van der Waals surface area contributed by atoms with Crippen molar-refractivity contribution in [2.45, 2.75) is 57.3 Å².